The molecule has 0 radical (unpaired) electrons. The Kier molecular flexibility index (Phi) is 10.6. The van der Waals surface area contributed by atoms with Gasteiger partial charge in [-0.2, -0.15) is 0 Å². The van der Waals surface area contributed by atoms with Crippen LogP contribution in [0.3, 0.4) is 0 Å². The van der Waals surface area contributed by atoms with Gasteiger partial charge in [-0.05, 0) is 12.3 Å². The van der Waals surface area contributed by atoms with E-state index in [9.17, 15) is 13.0 Å². The van der Waals surface area contributed by atoms with Crippen LogP contribution in [0, 0.1) is 5.92 Å². The van der Waals surface area contributed by atoms with Crippen LogP contribution >= 0.6 is 0 Å². The zero-order valence-electron chi connectivity index (χ0n) is 9.15. The van der Waals surface area contributed by atoms with Crippen molar-refractivity contribution in [2.45, 2.75) is 39.5 Å². The Hall–Kier alpha value is 0.467. The van der Waals surface area contributed by atoms with E-state index in [2.05, 4.69) is 11.1 Å². The quantitative estimate of drug-likeness (QED) is 0.301. The van der Waals surface area contributed by atoms with E-state index in [1.165, 1.54) is 0 Å². The summed E-state index contributed by atoms with van der Waals surface area (Å²) in [5.74, 6) is 0.184. The van der Waals surface area contributed by atoms with Gasteiger partial charge >= 0.3 is 18.9 Å². The summed E-state index contributed by atoms with van der Waals surface area (Å²) in [5, 5.41) is 0. The van der Waals surface area contributed by atoms with E-state index < -0.39 is 10.4 Å². The van der Waals surface area contributed by atoms with Crippen molar-refractivity contribution in [1.29, 1.82) is 0 Å². The number of rotatable bonds is 7. The largest absolute Gasteiger partial charge is 1.00 e. The molecule has 0 aromatic heterocycles. The first-order valence-electron chi connectivity index (χ1n) is 4.59. The average molecular weight is 216 g/mol. The van der Waals surface area contributed by atoms with Gasteiger partial charge < -0.3 is 4.55 Å². The summed E-state index contributed by atoms with van der Waals surface area (Å²) in [4.78, 5) is 0. The smallest absolute Gasteiger partial charge is 0.726 e. The minimum absolute atomic E-state index is 0. The molecule has 0 bridgehead atoms. The van der Waals surface area contributed by atoms with Gasteiger partial charge in [0.05, 0.1) is 6.61 Å². The summed E-state index contributed by atoms with van der Waals surface area (Å²) < 4.78 is 34.6. The first-order chi connectivity index (χ1) is 5.99. The molecule has 0 spiro atoms. The molecule has 0 N–H and O–H groups in total. The van der Waals surface area contributed by atoms with Gasteiger partial charge in [0.25, 0.3) is 0 Å². The van der Waals surface area contributed by atoms with Crippen molar-refractivity contribution in [2.75, 3.05) is 6.61 Å². The van der Waals surface area contributed by atoms with Crippen LogP contribution in [-0.4, -0.2) is 19.6 Å². The monoisotopic (exact) mass is 216 g/mol. The summed E-state index contributed by atoms with van der Waals surface area (Å²) >= 11 is 0. The van der Waals surface area contributed by atoms with Crippen LogP contribution in [0.15, 0.2) is 0 Å². The van der Waals surface area contributed by atoms with Crippen molar-refractivity contribution >= 4 is 10.4 Å². The maximum atomic E-state index is 10.1. The van der Waals surface area contributed by atoms with E-state index in [0.29, 0.717) is 0 Å². The van der Waals surface area contributed by atoms with Crippen molar-refractivity contribution in [3.8, 4) is 0 Å². The topological polar surface area (TPSA) is 66.4 Å². The minimum Gasteiger partial charge on any atom is -0.726 e. The molecule has 0 fully saturated rings. The minimum atomic E-state index is -4.50. The van der Waals surface area contributed by atoms with Crippen molar-refractivity contribution in [3.05, 3.63) is 0 Å². The summed E-state index contributed by atoms with van der Waals surface area (Å²) in [6.07, 6.45) is 3.87. The van der Waals surface area contributed by atoms with Crippen LogP contribution in [-0.2, 0) is 14.6 Å². The van der Waals surface area contributed by atoms with Crippen LogP contribution in [0.2, 0.25) is 0 Å². The molecule has 1 atom stereocenters. The Bertz CT molecular complexity index is 215. The molecule has 0 heterocycles. The van der Waals surface area contributed by atoms with E-state index >= 15 is 0 Å². The molecular formula is C8H17LiO4S. The SMILES string of the molecule is CCCCC(CC)COS(=O)(=O)[O-].[Li+]. The molecule has 0 aromatic rings. The molecule has 14 heavy (non-hydrogen) atoms. The summed E-state index contributed by atoms with van der Waals surface area (Å²) in [6.45, 7) is 4.06. The fourth-order valence-corrected chi connectivity index (χ4v) is 1.44. The first kappa shape index (κ1) is 16.9. The Morgan fingerprint density at radius 3 is 2.29 bits per heavy atom. The van der Waals surface area contributed by atoms with E-state index in [-0.39, 0.29) is 31.4 Å². The van der Waals surface area contributed by atoms with Crippen molar-refractivity contribution in [1.82, 2.24) is 0 Å². The van der Waals surface area contributed by atoms with Crippen molar-refractivity contribution in [2.24, 2.45) is 5.92 Å². The Morgan fingerprint density at radius 1 is 1.36 bits per heavy atom. The van der Waals surface area contributed by atoms with Gasteiger partial charge in [0.15, 0.2) is 0 Å². The summed E-state index contributed by atoms with van der Waals surface area (Å²) in [6, 6.07) is 0. The van der Waals surface area contributed by atoms with Gasteiger partial charge in [-0.1, -0.05) is 33.1 Å². The van der Waals surface area contributed by atoms with Crippen LogP contribution in [0.1, 0.15) is 39.5 Å². The third-order valence-corrected chi connectivity index (χ3v) is 2.42. The second-order valence-corrected chi connectivity index (χ2v) is 4.16. The standard InChI is InChI=1S/C8H18O4S.Li/c1-3-5-6-8(4-2)7-12-13(9,10)11;/h8H,3-7H2,1-2H3,(H,9,10,11);/q;+1/p-1. The maximum absolute atomic E-state index is 10.1. The molecular weight excluding hydrogens is 199 g/mol. The average Bonchev–Trinajstić information content (AvgIpc) is 2.03. The predicted octanol–water partition coefficient (Wildman–Crippen LogP) is -1.32. The molecule has 0 aliphatic rings. The predicted molar refractivity (Wildman–Crippen MR) is 49.0 cm³/mol. The number of hydrogen-bond acceptors (Lipinski definition) is 4. The number of hydrogen-bond donors (Lipinski definition) is 0. The van der Waals surface area contributed by atoms with E-state index in [1.807, 2.05) is 6.92 Å². The first-order valence-corrected chi connectivity index (χ1v) is 5.93. The Labute approximate surface area is 98.5 Å². The Morgan fingerprint density at radius 2 is 1.93 bits per heavy atom. The van der Waals surface area contributed by atoms with Gasteiger partial charge in [0.2, 0.25) is 10.4 Å². The zero-order valence-corrected chi connectivity index (χ0v) is 9.97. The summed E-state index contributed by atoms with van der Waals surface area (Å²) in [7, 11) is -4.50. The van der Waals surface area contributed by atoms with Crippen LogP contribution in [0.5, 0.6) is 0 Å². The molecule has 0 aliphatic heterocycles. The number of unbranched alkanes of at least 4 members (excludes halogenated alkanes) is 1. The van der Waals surface area contributed by atoms with Crippen LogP contribution < -0.4 is 18.9 Å². The molecule has 6 heteroatoms. The maximum Gasteiger partial charge on any atom is 1.00 e. The van der Waals surface area contributed by atoms with Gasteiger partial charge in [-0.15, -0.1) is 0 Å². The third kappa shape index (κ3) is 10.5. The molecule has 80 valence electrons. The fourth-order valence-electron chi connectivity index (χ4n) is 1.08. The van der Waals surface area contributed by atoms with Gasteiger partial charge in [-0.3, -0.25) is 4.18 Å². The Balaban J connectivity index is 0. The second kappa shape index (κ2) is 8.75. The fraction of sp³-hybridized carbons (Fsp3) is 1.00. The molecule has 0 aliphatic carbocycles. The molecule has 4 nitrogen and oxygen atoms in total. The molecule has 0 saturated heterocycles. The summed E-state index contributed by atoms with van der Waals surface area (Å²) in [5.41, 5.74) is 0. The third-order valence-electron chi connectivity index (χ3n) is 1.99. The normalized spacial score (nSPS) is 13.4. The van der Waals surface area contributed by atoms with Crippen LogP contribution in [0.25, 0.3) is 0 Å². The van der Waals surface area contributed by atoms with E-state index in [0.717, 1.165) is 25.7 Å². The zero-order chi connectivity index (χ0) is 10.3. The van der Waals surface area contributed by atoms with Crippen molar-refractivity contribution in [3.63, 3.8) is 0 Å². The molecule has 1 unspecified atom stereocenters. The van der Waals surface area contributed by atoms with Crippen LogP contribution in [0.4, 0.5) is 0 Å². The molecule has 0 rings (SSSR count). The van der Waals surface area contributed by atoms with Gasteiger partial charge in [0, 0.05) is 0 Å². The van der Waals surface area contributed by atoms with Gasteiger partial charge in [0.1, 0.15) is 0 Å². The molecule has 0 amide bonds. The molecule has 0 aromatic carbocycles. The van der Waals surface area contributed by atoms with E-state index in [1.54, 1.807) is 0 Å². The second-order valence-electron chi connectivity index (χ2n) is 3.11. The van der Waals surface area contributed by atoms with Crippen molar-refractivity contribution < 1.29 is 36.0 Å². The molecule has 0 saturated carbocycles. The van der Waals surface area contributed by atoms with E-state index in [4.69, 9.17) is 0 Å². The van der Waals surface area contributed by atoms with Gasteiger partial charge in [-0.25, -0.2) is 8.42 Å².